The van der Waals surface area contributed by atoms with Gasteiger partial charge in [-0.1, -0.05) is 0 Å². The van der Waals surface area contributed by atoms with Gasteiger partial charge < -0.3 is 19.5 Å². The number of anilines is 1. The SMILES string of the molecule is CNc1ncnc(OCCCOCCOC)c1C. The van der Waals surface area contributed by atoms with Crippen LogP contribution in [0, 0.1) is 6.92 Å². The second kappa shape index (κ2) is 8.66. The van der Waals surface area contributed by atoms with Crippen LogP contribution >= 0.6 is 0 Å². The van der Waals surface area contributed by atoms with E-state index in [1.165, 1.54) is 6.33 Å². The molecule has 1 aromatic heterocycles. The molecule has 0 bridgehead atoms. The third-order valence-corrected chi connectivity index (χ3v) is 2.38. The van der Waals surface area contributed by atoms with E-state index in [2.05, 4.69) is 15.3 Å². The van der Waals surface area contributed by atoms with E-state index in [0.29, 0.717) is 32.3 Å². The summed E-state index contributed by atoms with van der Waals surface area (Å²) in [6.45, 7) is 4.40. The molecule has 1 rings (SSSR count). The van der Waals surface area contributed by atoms with Crippen molar-refractivity contribution in [2.24, 2.45) is 0 Å². The summed E-state index contributed by atoms with van der Waals surface area (Å²) in [5.41, 5.74) is 0.917. The highest BCUT2D eigenvalue weighted by molar-refractivity contribution is 5.46. The number of aromatic nitrogens is 2. The molecule has 0 unspecified atom stereocenters. The topological polar surface area (TPSA) is 65.5 Å². The molecular formula is C12H21N3O3. The predicted octanol–water partition coefficient (Wildman–Crippen LogP) is 1.26. The summed E-state index contributed by atoms with van der Waals surface area (Å²) in [4.78, 5) is 8.19. The maximum absolute atomic E-state index is 5.58. The van der Waals surface area contributed by atoms with Crippen molar-refractivity contribution in [3.63, 3.8) is 0 Å². The lowest BCUT2D eigenvalue weighted by atomic mass is 10.3. The normalized spacial score (nSPS) is 10.4. The van der Waals surface area contributed by atoms with Crippen molar-refractivity contribution in [1.29, 1.82) is 0 Å². The Morgan fingerprint density at radius 2 is 2.00 bits per heavy atom. The van der Waals surface area contributed by atoms with E-state index in [0.717, 1.165) is 17.8 Å². The lowest BCUT2D eigenvalue weighted by molar-refractivity contribution is 0.0641. The molecule has 0 aliphatic rings. The average molecular weight is 255 g/mol. The van der Waals surface area contributed by atoms with Crippen LogP contribution in [0.2, 0.25) is 0 Å². The highest BCUT2D eigenvalue weighted by Crippen LogP contribution is 2.19. The monoisotopic (exact) mass is 255 g/mol. The molecule has 18 heavy (non-hydrogen) atoms. The summed E-state index contributed by atoms with van der Waals surface area (Å²) in [6.07, 6.45) is 2.31. The van der Waals surface area contributed by atoms with Gasteiger partial charge in [0.15, 0.2) is 0 Å². The van der Waals surface area contributed by atoms with Gasteiger partial charge in [0.1, 0.15) is 12.1 Å². The molecule has 0 radical (unpaired) electrons. The Kier molecular flexibility index (Phi) is 7.05. The first-order valence-corrected chi connectivity index (χ1v) is 5.98. The fourth-order valence-corrected chi connectivity index (χ4v) is 1.41. The highest BCUT2D eigenvalue weighted by atomic mass is 16.5. The van der Waals surface area contributed by atoms with Gasteiger partial charge in [-0.25, -0.2) is 9.97 Å². The van der Waals surface area contributed by atoms with E-state index in [9.17, 15) is 0 Å². The first-order valence-electron chi connectivity index (χ1n) is 5.98. The van der Waals surface area contributed by atoms with Crippen molar-refractivity contribution in [2.75, 3.05) is 45.9 Å². The van der Waals surface area contributed by atoms with E-state index in [-0.39, 0.29) is 0 Å². The molecule has 6 heteroatoms. The number of ether oxygens (including phenoxy) is 3. The fourth-order valence-electron chi connectivity index (χ4n) is 1.41. The number of hydrogen-bond donors (Lipinski definition) is 1. The lowest BCUT2D eigenvalue weighted by Crippen LogP contribution is -2.08. The molecule has 1 N–H and O–H groups in total. The maximum Gasteiger partial charge on any atom is 0.221 e. The Balaban J connectivity index is 2.23. The molecule has 0 spiro atoms. The summed E-state index contributed by atoms with van der Waals surface area (Å²) in [5, 5.41) is 2.99. The third kappa shape index (κ3) is 4.85. The number of nitrogens with one attached hydrogen (secondary N) is 1. The Morgan fingerprint density at radius 3 is 2.72 bits per heavy atom. The van der Waals surface area contributed by atoms with Gasteiger partial charge >= 0.3 is 0 Å². The molecule has 102 valence electrons. The maximum atomic E-state index is 5.58. The fraction of sp³-hybridized carbons (Fsp3) is 0.667. The summed E-state index contributed by atoms with van der Waals surface area (Å²) in [7, 11) is 3.48. The van der Waals surface area contributed by atoms with Crippen molar-refractivity contribution >= 4 is 5.82 Å². The summed E-state index contributed by atoms with van der Waals surface area (Å²) in [5.74, 6) is 1.41. The number of hydrogen-bond acceptors (Lipinski definition) is 6. The van der Waals surface area contributed by atoms with Crippen molar-refractivity contribution in [3.8, 4) is 5.88 Å². The second-order valence-electron chi connectivity index (χ2n) is 3.71. The standard InChI is InChI=1S/C12H21N3O3/c1-10-11(13-2)14-9-15-12(10)18-6-4-5-17-8-7-16-3/h9H,4-8H2,1-3H3,(H,13,14,15). The van der Waals surface area contributed by atoms with E-state index >= 15 is 0 Å². The van der Waals surface area contributed by atoms with Gasteiger partial charge in [-0.3, -0.25) is 0 Å². The minimum atomic E-state index is 0.577. The van der Waals surface area contributed by atoms with E-state index in [1.807, 2.05) is 14.0 Å². The highest BCUT2D eigenvalue weighted by Gasteiger charge is 2.06. The summed E-state index contributed by atoms with van der Waals surface area (Å²) < 4.78 is 15.8. The van der Waals surface area contributed by atoms with Crippen LogP contribution in [0.1, 0.15) is 12.0 Å². The molecule has 0 saturated heterocycles. The average Bonchev–Trinajstić information content (AvgIpc) is 2.39. The van der Waals surface area contributed by atoms with Gasteiger partial charge in [-0.2, -0.15) is 0 Å². The van der Waals surface area contributed by atoms with Crippen LogP contribution in [0.3, 0.4) is 0 Å². The van der Waals surface area contributed by atoms with Gasteiger partial charge in [0, 0.05) is 27.2 Å². The molecular weight excluding hydrogens is 234 g/mol. The molecule has 0 aromatic carbocycles. The second-order valence-corrected chi connectivity index (χ2v) is 3.71. The molecule has 0 amide bonds. The number of rotatable bonds is 9. The van der Waals surface area contributed by atoms with Gasteiger partial charge in [0.25, 0.3) is 0 Å². The minimum Gasteiger partial charge on any atom is -0.477 e. The largest absolute Gasteiger partial charge is 0.477 e. The Bertz CT molecular complexity index is 347. The summed E-state index contributed by atoms with van der Waals surface area (Å²) in [6, 6.07) is 0. The Hall–Kier alpha value is -1.40. The van der Waals surface area contributed by atoms with Crippen LogP contribution in [0.15, 0.2) is 6.33 Å². The van der Waals surface area contributed by atoms with Gasteiger partial charge in [-0.15, -0.1) is 0 Å². The molecule has 0 fully saturated rings. The first-order chi connectivity index (χ1) is 8.79. The van der Waals surface area contributed by atoms with Crippen LogP contribution in [-0.2, 0) is 9.47 Å². The van der Waals surface area contributed by atoms with Gasteiger partial charge in [0.05, 0.1) is 25.4 Å². The van der Waals surface area contributed by atoms with E-state index in [1.54, 1.807) is 7.11 Å². The molecule has 0 saturated carbocycles. The Labute approximate surface area is 108 Å². The Morgan fingerprint density at radius 1 is 1.17 bits per heavy atom. The third-order valence-electron chi connectivity index (χ3n) is 2.38. The van der Waals surface area contributed by atoms with E-state index < -0.39 is 0 Å². The molecule has 0 aliphatic heterocycles. The van der Waals surface area contributed by atoms with Crippen LogP contribution in [-0.4, -0.2) is 50.6 Å². The smallest absolute Gasteiger partial charge is 0.221 e. The van der Waals surface area contributed by atoms with Crippen LogP contribution in [0.4, 0.5) is 5.82 Å². The predicted molar refractivity (Wildman–Crippen MR) is 69.1 cm³/mol. The number of nitrogens with zero attached hydrogens (tertiary/aromatic N) is 2. The van der Waals surface area contributed by atoms with Crippen LogP contribution in [0.5, 0.6) is 5.88 Å². The number of methoxy groups -OCH3 is 1. The zero-order valence-corrected chi connectivity index (χ0v) is 11.2. The zero-order chi connectivity index (χ0) is 13.2. The molecule has 0 aliphatic carbocycles. The van der Waals surface area contributed by atoms with Crippen molar-refractivity contribution in [1.82, 2.24) is 9.97 Å². The van der Waals surface area contributed by atoms with E-state index in [4.69, 9.17) is 14.2 Å². The van der Waals surface area contributed by atoms with Gasteiger partial charge in [0.2, 0.25) is 5.88 Å². The van der Waals surface area contributed by atoms with Crippen molar-refractivity contribution in [3.05, 3.63) is 11.9 Å². The molecule has 1 heterocycles. The van der Waals surface area contributed by atoms with Crippen LogP contribution in [0.25, 0.3) is 0 Å². The molecule has 1 aromatic rings. The molecule has 0 atom stereocenters. The summed E-state index contributed by atoms with van der Waals surface area (Å²) >= 11 is 0. The van der Waals surface area contributed by atoms with Crippen molar-refractivity contribution in [2.45, 2.75) is 13.3 Å². The minimum absolute atomic E-state index is 0.577. The first kappa shape index (κ1) is 14.7. The van der Waals surface area contributed by atoms with Gasteiger partial charge in [-0.05, 0) is 6.92 Å². The van der Waals surface area contributed by atoms with Crippen LogP contribution < -0.4 is 10.1 Å². The lowest BCUT2D eigenvalue weighted by Gasteiger charge is -2.10. The molecule has 6 nitrogen and oxygen atoms in total. The zero-order valence-electron chi connectivity index (χ0n) is 11.2. The quantitative estimate of drug-likeness (QED) is 0.670. The van der Waals surface area contributed by atoms with Crippen molar-refractivity contribution < 1.29 is 14.2 Å².